The lowest BCUT2D eigenvalue weighted by Crippen LogP contribution is -2.09. The van der Waals surface area contributed by atoms with E-state index in [1.165, 1.54) is 24.3 Å². The van der Waals surface area contributed by atoms with Crippen LogP contribution in [0.25, 0.3) is 11.4 Å². The van der Waals surface area contributed by atoms with Crippen molar-refractivity contribution in [2.75, 3.05) is 6.61 Å². The van der Waals surface area contributed by atoms with E-state index in [0.717, 1.165) is 5.56 Å². The molecule has 3 rings (SSSR count). The summed E-state index contributed by atoms with van der Waals surface area (Å²) in [6, 6.07) is 13.2. The SMILES string of the molecule is O=C(COCc1ccc(Cl)cc1)c1ccc(-c2noc(C(F)(F)Cl)n2)cc1. The minimum Gasteiger partial charge on any atom is -0.369 e. The number of ketones is 1. The van der Waals surface area contributed by atoms with Crippen LogP contribution < -0.4 is 0 Å². The average molecular weight is 413 g/mol. The van der Waals surface area contributed by atoms with Crippen LogP contribution >= 0.6 is 23.2 Å². The Kier molecular flexibility index (Phi) is 5.84. The van der Waals surface area contributed by atoms with Crippen LogP contribution in [-0.4, -0.2) is 22.5 Å². The molecule has 0 atom stereocenters. The number of rotatable bonds is 7. The van der Waals surface area contributed by atoms with Gasteiger partial charge in [-0.3, -0.25) is 4.79 Å². The minimum atomic E-state index is -3.73. The van der Waals surface area contributed by atoms with E-state index in [2.05, 4.69) is 14.7 Å². The number of carbonyl (C=O) groups excluding carboxylic acids is 1. The van der Waals surface area contributed by atoms with Crippen molar-refractivity contribution >= 4 is 29.0 Å². The van der Waals surface area contributed by atoms with Crippen LogP contribution in [0, 0.1) is 0 Å². The van der Waals surface area contributed by atoms with E-state index in [-0.39, 0.29) is 24.8 Å². The molecule has 0 spiro atoms. The van der Waals surface area contributed by atoms with E-state index < -0.39 is 11.3 Å². The molecular formula is C18H12Cl2F2N2O3. The number of aromatic nitrogens is 2. The molecule has 0 aliphatic heterocycles. The van der Waals surface area contributed by atoms with Gasteiger partial charge in [-0.25, -0.2) is 0 Å². The van der Waals surface area contributed by atoms with Crippen molar-refractivity contribution in [2.45, 2.75) is 12.0 Å². The van der Waals surface area contributed by atoms with E-state index in [0.29, 0.717) is 16.1 Å². The van der Waals surface area contributed by atoms with Crippen LogP contribution in [0.5, 0.6) is 0 Å². The molecule has 0 fully saturated rings. The maximum Gasteiger partial charge on any atom is 0.400 e. The molecule has 0 radical (unpaired) electrons. The Bertz CT molecular complexity index is 923. The Morgan fingerprint density at radius 2 is 1.78 bits per heavy atom. The van der Waals surface area contributed by atoms with Crippen LogP contribution in [0.2, 0.25) is 5.02 Å². The number of carbonyl (C=O) groups is 1. The van der Waals surface area contributed by atoms with Gasteiger partial charge in [-0.05, 0) is 29.3 Å². The fourth-order valence-corrected chi connectivity index (χ4v) is 2.39. The topological polar surface area (TPSA) is 65.2 Å². The third-order valence-electron chi connectivity index (χ3n) is 3.55. The second-order valence-corrected chi connectivity index (χ2v) is 6.45. The molecule has 1 aromatic heterocycles. The molecule has 0 aliphatic rings. The van der Waals surface area contributed by atoms with Crippen molar-refractivity contribution in [1.29, 1.82) is 0 Å². The van der Waals surface area contributed by atoms with Gasteiger partial charge in [0.05, 0.1) is 6.61 Å². The molecule has 0 saturated heterocycles. The van der Waals surface area contributed by atoms with Crippen molar-refractivity contribution in [3.8, 4) is 11.4 Å². The van der Waals surface area contributed by atoms with E-state index in [4.69, 9.17) is 27.9 Å². The minimum absolute atomic E-state index is 0.0525. The van der Waals surface area contributed by atoms with Crippen LogP contribution in [0.4, 0.5) is 8.78 Å². The summed E-state index contributed by atoms with van der Waals surface area (Å²) < 4.78 is 35.7. The molecule has 0 amide bonds. The smallest absolute Gasteiger partial charge is 0.369 e. The summed E-state index contributed by atoms with van der Waals surface area (Å²) in [4.78, 5) is 15.7. The Balaban J connectivity index is 1.58. The highest BCUT2D eigenvalue weighted by Gasteiger charge is 2.35. The molecule has 0 saturated carbocycles. The van der Waals surface area contributed by atoms with Gasteiger partial charge in [0.15, 0.2) is 5.78 Å². The first-order valence-electron chi connectivity index (χ1n) is 7.69. The van der Waals surface area contributed by atoms with Crippen LogP contribution in [0.3, 0.4) is 0 Å². The molecule has 27 heavy (non-hydrogen) atoms. The largest absolute Gasteiger partial charge is 0.400 e. The van der Waals surface area contributed by atoms with E-state index >= 15 is 0 Å². The molecular weight excluding hydrogens is 401 g/mol. The molecule has 0 unspecified atom stereocenters. The third kappa shape index (κ3) is 5.09. The van der Waals surface area contributed by atoms with Gasteiger partial charge in [0, 0.05) is 16.1 Å². The van der Waals surface area contributed by atoms with Crippen LogP contribution in [0.1, 0.15) is 21.8 Å². The summed E-state index contributed by atoms with van der Waals surface area (Å²) in [5.41, 5.74) is 1.71. The number of ether oxygens (including phenoxy) is 1. The monoisotopic (exact) mass is 412 g/mol. The highest BCUT2D eigenvalue weighted by Crippen LogP contribution is 2.32. The zero-order valence-electron chi connectivity index (χ0n) is 13.7. The molecule has 0 N–H and O–H groups in total. The lowest BCUT2D eigenvalue weighted by molar-refractivity contribution is 0.0551. The summed E-state index contributed by atoms with van der Waals surface area (Å²) in [7, 11) is 0. The quantitative estimate of drug-likeness (QED) is 0.399. The van der Waals surface area contributed by atoms with Crippen LogP contribution in [0.15, 0.2) is 53.1 Å². The predicted molar refractivity (Wildman–Crippen MR) is 94.9 cm³/mol. The number of hydrogen-bond acceptors (Lipinski definition) is 5. The van der Waals surface area contributed by atoms with Gasteiger partial charge < -0.3 is 9.26 Å². The Hall–Kier alpha value is -2.35. The summed E-state index contributed by atoms with van der Waals surface area (Å²) in [6.45, 7) is 0.173. The normalized spacial score (nSPS) is 11.6. The molecule has 0 aliphatic carbocycles. The molecule has 0 bridgehead atoms. The zero-order chi connectivity index (χ0) is 19.4. The Morgan fingerprint density at radius 3 is 2.37 bits per heavy atom. The molecule has 3 aromatic rings. The molecule has 1 heterocycles. The lowest BCUT2D eigenvalue weighted by atomic mass is 10.1. The number of nitrogens with zero attached hydrogens (tertiary/aromatic N) is 2. The molecule has 140 valence electrons. The van der Waals surface area contributed by atoms with Crippen molar-refractivity contribution in [2.24, 2.45) is 0 Å². The van der Waals surface area contributed by atoms with Crippen LogP contribution in [-0.2, 0) is 16.7 Å². The third-order valence-corrected chi connectivity index (χ3v) is 3.96. The first-order chi connectivity index (χ1) is 12.8. The Labute approximate surface area is 162 Å². The maximum atomic E-state index is 12.9. The summed E-state index contributed by atoms with van der Waals surface area (Å²) in [5, 5.41) is 0.337. The number of alkyl halides is 3. The van der Waals surface area contributed by atoms with Gasteiger partial charge in [0.25, 0.3) is 0 Å². The average Bonchev–Trinajstić information content (AvgIpc) is 3.14. The van der Waals surface area contributed by atoms with Gasteiger partial charge in [0.2, 0.25) is 5.82 Å². The number of benzene rings is 2. The van der Waals surface area contributed by atoms with Crippen molar-refractivity contribution in [3.05, 3.63) is 70.6 Å². The Morgan fingerprint density at radius 1 is 1.11 bits per heavy atom. The second-order valence-electron chi connectivity index (χ2n) is 5.54. The first kappa shape index (κ1) is 19.4. The van der Waals surface area contributed by atoms with E-state index in [1.54, 1.807) is 12.1 Å². The number of halogens is 4. The zero-order valence-corrected chi connectivity index (χ0v) is 15.2. The highest BCUT2D eigenvalue weighted by molar-refractivity contribution is 6.30. The van der Waals surface area contributed by atoms with E-state index in [1.807, 2.05) is 12.1 Å². The fourth-order valence-electron chi connectivity index (χ4n) is 2.19. The lowest BCUT2D eigenvalue weighted by Gasteiger charge is -2.05. The van der Waals surface area contributed by atoms with E-state index in [9.17, 15) is 13.6 Å². The molecule has 5 nitrogen and oxygen atoms in total. The molecule has 2 aromatic carbocycles. The highest BCUT2D eigenvalue weighted by atomic mass is 35.5. The van der Waals surface area contributed by atoms with Gasteiger partial charge in [-0.15, -0.1) is 0 Å². The van der Waals surface area contributed by atoms with Gasteiger partial charge in [-0.2, -0.15) is 13.8 Å². The summed E-state index contributed by atoms with van der Waals surface area (Å²) in [6.07, 6.45) is 0. The molecule has 9 heteroatoms. The fraction of sp³-hybridized carbons (Fsp3) is 0.167. The van der Waals surface area contributed by atoms with Crippen molar-refractivity contribution < 1.29 is 22.8 Å². The number of hydrogen-bond donors (Lipinski definition) is 0. The van der Waals surface area contributed by atoms with Gasteiger partial charge in [0.1, 0.15) is 6.61 Å². The maximum absolute atomic E-state index is 12.9. The summed E-state index contributed by atoms with van der Waals surface area (Å²) in [5.74, 6) is -1.27. The number of Topliss-reactive ketones (excluding diaryl/α,β-unsaturated/α-hetero) is 1. The second kappa shape index (κ2) is 8.12. The standard InChI is InChI=1S/C18H12Cl2F2N2O3/c19-14-7-1-11(2-8-14)9-26-10-15(25)12-3-5-13(6-4-12)16-23-17(27-24-16)18(20,21)22/h1-8H,9-10H2. The van der Waals surface area contributed by atoms with Gasteiger partial charge in [-0.1, -0.05) is 53.2 Å². The summed E-state index contributed by atoms with van der Waals surface area (Å²) >= 11 is 10.6. The van der Waals surface area contributed by atoms with Gasteiger partial charge >= 0.3 is 11.3 Å². The van der Waals surface area contributed by atoms with Crippen molar-refractivity contribution in [1.82, 2.24) is 10.1 Å². The predicted octanol–water partition coefficient (Wildman–Crippen LogP) is 5.08. The van der Waals surface area contributed by atoms with Crippen molar-refractivity contribution in [3.63, 3.8) is 0 Å². The first-order valence-corrected chi connectivity index (χ1v) is 8.45.